The Hall–Kier alpha value is -2.56. The van der Waals surface area contributed by atoms with Crippen LogP contribution in [0.3, 0.4) is 0 Å². The molecule has 1 aromatic carbocycles. The summed E-state index contributed by atoms with van der Waals surface area (Å²) in [6, 6.07) is 7.03. The van der Waals surface area contributed by atoms with Crippen LogP contribution in [0.5, 0.6) is 0 Å². The molecule has 1 atom stereocenters. The van der Waals surface area contributed by atoms with Gasteiger partial charge in [0.25, 0.3) is 0 Å². The van der Waals surface area contributed by atoms with Gasteiger partial charge in [0.15, 0.2) is 16.9 Å². The summed E-state index contributed by atoms with van der Waals surface area (Å²) in [4.78, 5) is 22.0. The van der Waals surface area contributed by atoms with Gasteiger partial charge in [0.2, 0.25) is 6.19 Å². The molecular weight excluding hydrogens is 372 g/mol. The number of benzene rings is 1. The maximum atomic E-state index is 11.4. The van der Waals surface area contributed by atoms with E-state index in [1.807, 2.05) is 6.19 Å². The summed E-state index contributed by atoms with van der Waals surface area (Å²) in [5.74, 6) is 0.244. The van der Waals surface area contributed by atoms with Crippen molar-refractivity contribution in [2.75, 3.05) is 6.61 Å². The van der Waals surface area contributed by atoms with Crippen molar-refractivity contribution in [3.8, 4) is 6.19 Å². The molecule has 1 aliphatic heterocycles. The van der Waals surface area contributed by atoms with Gasteiger partial charge in [-0.15, -0.1) is 11.3 Å². The summed E-state index contributed by atoms with van der Waals surface area (Å²) < 4.78 is 7.87. The van der Waals surface area contributed by atoms with Gasteiger partial charge in [-0.1, -0.05) is 45.0 Å². The molecule has 1 aromatic heterocycles. The predicted molar refractivity (Wildman–Crippen MR) is 110 cm³/mol. The summed E-state index contributed by atoms with van der Waals surface area (Å²) >= 11 is 1.57. The molecular formula is C21H24N4O2S. The fraction of sp³-hybridized carbons (Fsp3) is 0.429. The van der Waals surface area contributed by atoms with Crippen molar-refractivity contribution in [1.82, 2.24) is 4.57 Å². The Kier molecular flexibility index (Phi) is 6.22. The molecule has 28 heavy (non-hydrogen) atoms. The lowest BCUT2D eigenvalue weighted by molar-refractivity contribution is 0.0963. The van der Waals surface area contributed by atoms with Crippen molar-refractivity contribution >= 4 is 23.5 Å². The minimum absolute atomic E-state index is 0.0239. The lowest BCUT2D eigenvalue weighted by atomic mass is 9.95. The third kappa shape index (κ3) is 4.64. The third-order valence-corrected chi connectivity index (χ3v) is 6.02. The van der Waals surface area contributed by atoms with Gasteiger partial charge in [-0.25, -0.2) is 0 Å². The maximum Gasteiger partial charge on any atom is 0.207 e. The Morgan fingerprint density at radius 1 is 1.43 bits per heavy atom. The van der Waals surface area contributed by atoms with Gasteiger partial charge in [-0.2, -0.15) is 15.2 Å². The standard InChI is InChI=1S/C21H24N4O2S/c1-21(2,3)18-12-25(11-16-8-6-10-27-16)20(28-18)24-19(23-14-22)17-9-5-4-7-15(17)13-26/h4-5,7,9,12-13,16H,6,8,10-11H2,1-3H3/t16-/m1/s1. The summed E-state index contributed by atoms with van der Waals surface area (Å²) in [6.07, 6.45) is 6.95. The molecule has 0 amide bonds. The van der Waals surface area contributed by atoms with E-state index >= 15 is 0 Å². The molecule has 1 aliphatic rings. The van der Waals surface area contributed by atoms with E-state index in [4.69, 9.17) is 15.0 Å². The zero-order valence-corrected chi connectivity index (χ0v) is 17.2. The van der Waals surface area contributed by atoms with Crippen LogP contribution in [0.4, 0.5) is 0 Å². The fourth-order valence-corrected chi connectivity index (χ4v) is 4.10. The number of ether oxygens (including phenoxy) is 1. The second-order valence-corrected chi connectivity index (χ2v) is 8.78. The zero-order chi connectivity index (χ0) is 20.1. The Morgan fingerprint density at radius 3 is 2.86 bits per heavy atom. The van der Waals surface area contributed by atoms with Gasteiger partial charge in [0, 0.05) is 28.8 Å². The predicted octanol–water partition coefficient (Wildman–Crippen LogP) is 3.67. The van der Waals surface area contributed by atoms with Crippen molar-refractivity contribution < 1.29 is 9.53 Å². The number of amidine groups is 1. The molecule has 2 aromatic rings. The number of nitriles is 1. The lowest BCUT2D eigenvalue weighted by Gasteiger charge is -2.15. The first-order chi connectivity index (χ1) is 13.4. The van der Waals surface area contributed by atoms with Crippen LogP contribution in [-0.4, -0.2) is 29.4 Å². The van der Waals surface area contributed by atoms with Crippen molar-refractivity contribution in [2.24, 2.45) is 9.98 Å². The highest BCUT2D eigenvalue weighted by Crippen LogP contribution is 2.25. The topological polar surface area (TPSA) is 79.7 Å². The number of rotatable bonds is 4. The lowest BCUT2D eigenvalue weighted by Crippen LogP contribution is -2.23. The minimum Gasteiger partial charge on any atom is -0.376 e. The number of hydrogen-bond donors (Lipinski definition) is 0. The van der Waals surface area contributed by atoms with Crippen LogP contribution in [0, 0.1) is 11.5 Å². The third-order valence-electron chi connectivity index (χ3n) is 4.57. The minimum atomic E-state index is -0.0239. The molecule has 2 heterocycles. The van der Waals surface area contributed by atoms with E-state index in [1.165, 1.54) is 4.88 Å². The quantitative estimate of drug-likeness (QED) is 0.342. The maximum absolute atomic E-state index is 11.4. The molecule has 1 fully saturated rings. The van der Waals surface area contributed by atoms with Crippen molar-refractivity contribution in [1.29, 1.82) is 5.26 Å². The smallest absolute Gasteiger partial charge is 0.207 e. The first-order valence-corrected chi connectivity index (χ1v) is 10.1. The average molecular weight is 397 g/mol. The molecule has 3 rings (SSSR count). The van der Waals surface area contributed by atoms with E-state index in [9.17, 15) is 4.79 Å². The van der Waals surface area contributed by atoms with Crippen molar-refractivity contribution in [2.45, 2.75) is 51.7 Å². The number of aliphatic imine (C=N–C) groups is 1. The Balaban J connectivity index is 2.11. The Bertz CT molecular complexity index is 983. The van der Waals surface area contributed by atoms with Crippen molar-refractivity contribution in [3.05, 3.63) is 51.3 Å². The Labute approximate surface area is 168 Å². The summed E-state index contributed by atoms with van der Waals surface area (Å²) in [5.41, 5.74) is 0.983. The van der Waals surface area contributed by atoms with Crippen molar-refractivity contribution in [3.63, 3.8) is 0 Å². The molecule has 0 radical (unpaired) electrons. The van der Waals surface area contributed by atoms with Gasteiger partial charge in [-0.3, -0.25) is 4.79 Å². The second kappa shape index (κ2) is 8.63. The van der Waals surface area contributed by atoms with Gasteiger partial charge in [0.1, 0.15) is 0 Å². The number of hydrogen-bond acceptors (Lipinski definition) is 5. The number of carbonyl (C=O) groups is 1. The number of aldehydes is 1. The van der Waals surface area contributed by atoms with Crippen LogP contribution < -0.4 is 4.80 Å². The van der Waals surface area contributed by atoms with E-state index in [1.54, 1.807) is 35.6 Å². The molecule has 0 aliphatic carbocycles. The van der Waals surface area contributed by atoms with Gasteiger partial charge < -0.3 is 9.30 Å². The fourth-order valence-electron chi connectivity index (χ4n) is 3.04. The molecule has 0 bridgehead atoms. The highest BCUT2D eigenvalue weighted by Gasteiger charge is 2.21. The molecule has 6 nitrogen and oxygen atoms in total. The molecule has 146 valence electrons. The van der Waals surface area contributed by atoms with Crippen LogP contribution in [0.2, 0.25) is 0 Å². The first kappa shape index (κ1) is 20.2. The van der Waals surface area contributed by atoms with Crippen LogP contribution in [0.1, 0.15) is 54.4 Å². The van der Waals surface area contributed by atoms with E-state index in [2.05, 4.69) is 36.5 Å². The summed E-state index contributed by atoms with van der Waals surface area (Å²) in [6.45, 7) is 7.98. The van der Waals surface area contributed by atoms with Crippen LogP contribution >= 0.6 is 11.3 Å². The second-order valence-electron chi connectivity index (χ2n) is 7.77. The number of nitrogens with zero attached hydrogens (tertiary/aromatic N) is 4. The zero-order valence-electron chi connectivity index (χ0n) is 16.4. The largest absolute Gasteiger partial charge is 0.376 e. The first-order valence-electron chi connectivity index (χ1n) is 9.31. The number of carbonyl (C=O) groups excluding carboxylic acids is 1. The highest BCUT2D eigenvalue weighted by atomic mass is 32.1. The molecule has 0 N–H and O–H groups in total. The van der Waals surface area contributed by atoms with Crippen LogP contribution in [-0.2, 0) is 16.7 Å². The number of aromatic nitrogens is 1. The number of thiazole rings is 1. The van der Waals surface area contributed by atoms with E-state index in [0.717, 1.165) is 30.5 Å². The molecule has 0 saturated carbocycles. The van der Waals surface area contributed by atoms with Gasteiger partial charge >= 0.3 is 0 Å². The van der Waals surface area contributed by atoms with Crippen LogP contribution in [0.25, 0.3) is 0 Å². The molecule has 0 unspecified atom stereocenters. The molecule has 1 saturated heterocycles. The molecule has 7 heteroatoms. The van der Waals surface area contributed by atoms with E-state index < -0.39 is 0 Å². The normalized spacial score (nSPS) is 18.3. The summed E-state index contributed by atoms with van der Waals surface area (Å²) in [7, 11) is 0. The monoisotopic (exact) mass is 396 g/mol. The highest BCUT2D eigenvalue weighted by molar-refractivity contribution is 7.09. The van der Waals surface area contributed by atoms with E-state index in [0.29, 0.717) is 17.7 Å². The average Bonchev–Trinajstić information content (AvgIpc) is 3.32. The van der Waals surface area contributed by atoms with E-state index in [-0.39, 0.29) is 17.4 Å². The van der Waals surface area contributed by atoms with Crippen LogP contribution in [0.15, 0.2) is 40.4 Å². The SMILES string of the molecule is CC(C)(C)c1cn(C[C@H]2CCCO2)c(=NC(=NC#N)c2ccccc2C=O)s1. The Morgan fingerprint density at radius 2 is 2.21 bits per heavy atom. The van der Waals surface area contributed by atoms with Gasteiger partial charge in [-0.05, 0) is 18.3 Å². The van der Waals surface area contributed by atoms with Gasteiger partial charge in [0.05, 0.1) is 12.6 Å². The molecule has 0 spiro atoms. The summed E-state index contributed by atoms with van der Waals surface area (Å²) in [5, 5.41) is 9.16.